The molecule has 74 valence electrons. The van der Waals surface area contributed by atoms with Gasteiger partial charge in [0, 0.05) is 10.9 Å². The van der Waals surface area contributed by atoms with E-state index in [1.165, 1.54) is 0 Å². The van der Waals surface area contributed by atoms with Crippen molar-refractivity contribution in [2.24, 2.45) is 0 Å². The van der Waals surface area contributed by atoms with Crippen molar-refractivity contribution in [3.63, 3.8) is 0 Å². The summed E-state index contributed by atoms with van der Waals surface area (Å²) in [5.41, 5.74) is 0.961. The van der Waals surface area contributed by atoms with Gasteiger partial charge in [-0.15, -0.1) is 0 Å². The van der Waals surface area contributed by atoms with Gasteiger partial charge in [0.1, 0.15) is 0 Å². The lowest BCUT2D eigenvalue weighted by molar-refractivity contribution is -0.119. The molecular formula is C11H12BrNO. The smallest absolute Gasteiger partial charge is 0.220 e. The van der Waals surface area contributed by atoms with Crippen molar-refractivity contribution in [3.8, 4) is 0 Å². The maximum atomic E-state index is 11.2. The minimum absolute atomic E-state index is 0.142. The molecule has 1 saturated heterocycles. The quantitative estimate of drug-likeness (QED) is 0.819. The maximum Gasteiger partial charge on any atom is 0.220 e. The molecule has 1 unspecified atom stereocenters. The molecule has 1 aromatic carbocycles. The molecule has 1 amide bonds. The van der Waals surface area contributed by atoms with Crippen LogP contribution in [0, 0.1) is 0 Å². The van der Waals surface area contributed by atoms with Gasteiger partial charge in [0.25, 0.3) is 0 Å². The molecule has 1 aromatic rings. The van der Waals surface area contributed by atoms with Gasteiger partial charge in [0.15, 0.2) is 0 Å². The standard InChI is InChI=1S/C11H12BrNO/c1-11(7-6-10(14)13-11)8-4-2-3-5-9(8)12/h2-5H,6-7H2,1H3,(H,13,14). The minimum Gasteiger partial charge on any atom is -0.347 e. The van der Waals surface area contributed by atoms with Crippen molar-refractivity contribution >= 4 is 21.8 Å². The van der Waals surface area contributed by atoms with E-state index < -0.39 is 0 Å². The zero-order valence-corrected chi connectivity index (χ0v) is 9.60. The maximum absolute atomic E-state index is 11.2. The fourth-order valence-electron chi connectivity index (χ4n) is 1.91. The first-order valence-corrected chi connectivity index (χ1v) is 5.47. The van der Waals surface area contributed by atoms with E-state index in [9.17, 15) is 4.79 Å². The van der Waals surface area contributed by atoms with E-state index in [4.69, 9.17) is 0 Å². The fourth-order valence-corrected chi connectivity index (χ4v) is 2.63. The van der Waals surface area contributed by atoms with E-state index in [1.54, 1.807) is 0 Å². The highest BCUT2D eigenvalue weighted by atomic mass is 79.9. The average molecular weight is 254 g/mol. The lowest BCUT2D eigenvalue weighted by Crippen LogP contribution is -2.35. The Morgan fingerprint density at radius 3 is 2.71 bits per heavy atom. The first kappa shape index (κ1) is 9.71. The molecule has 1 atom stereocenters. The fraction of sp³-hybridized carbons (Fsp3) is 0.364. The van der Waals surface area contributed by atoms with Crippen LogP contribution in [0.3, 0.4) is 0 Å². The van der Waals surface area contributed by atoms with Crippen LogP contribution < -0.4 is 5.32 Å². The number of hydrogen-bond donors (Lipinski definition) is 1. The Kier molecular flexibility index (Phi) is 2.35. The summed E-state index contributed by atoms with van der Waals surface area (Å²) >= 11 is 3.51. The molecule has 2 rings (SSSR count). The van der Waals surface area contributed by atoms with E-state index in [-0.39, 0.29) is 11.4 Å². The molecule has 2 nitrogen and oxygen atoms in total. The lowest BCUT2D eigenvalue weighted by Gasteiger charge is -2.25. The molecule has 0 saturated carbocycles. The third kappa shape index (κ3) is 1.57. The average Bonchev–Trinajstić information content (AvgIpc) is 2.48. The SMILES string of the molecule is CC1(c2ccccc2Br)CCC(=O)N1. The second-order valence-electron chi connectivity index (χ2n) is 3.86. The summed E-state index contributed by atoms with van der Waals surface area (Å²) in [5.74, 6) is 0.142. The molecule has 14 heavy (non-hydrogen) atoms. The second kappa shape index (κ2) is 3.39. The monoisotopic (exact) mass is 253 g/mol. The van der Waals surface area contributed by atoms with Crippen LogP contribution in [0.1, 0.15) is 25.3 Å². The van der Waals surface area contributed by atoms with Crippen molar-refractivity contribution in [3.05, 3.63) is 34.3 Å². The third-order valence-electron chi connectivity index (χ3n) is 2.74. The zero-order chi connectivity index (χ0) is 10.2. The molecule has 0 radical (unpaired) electrons. The van der Waals surface area contributed by atoms with Crippen LogP contribution >= 0.6 is 15.9 Å². The Labute approximate surface area is 91.8 Å². The van der Waals surface area contributed by atoms with Gasteiger partial charge in [0.2, 0.25) is 5.91 Å². The van der Waals surface area contributed by atoms with Gasteiger partial charge in [-0.3, -0.25) is 4.79 Å². The van der Waals surface area contributed by atoms with Crippen LogP contribution in [0.2, 0.25) is 0 Å². The van der Waals surface area contributed by atoms with E-state index in [0.29, 0.717) is 6.42 Å². The number of halogens is 1. The highest BCUT2D eigenvalue weighted by Gasteiger charge is 2.35. The van der Waals surface area contributed by atoms with E-state index in [1.807, 2.05) is 18.2 Å². The highest BCUT2D eigenvalue weighted by molar-refractivity contribution is 9.10. The summed E-state index contributed by atoms with van der Waals surface area (Å²) in [7, 11) is 0. The van der Waals surface area contributed by atoms with Crippen LogP contribution in [0.15, 0.2) is 28.7 Å². The third-order valence-corrected chi connectivity index (χ3v) is 3.43. The van der Waals surface area contributed by atoms with Gasteiger partial charge in [-0.05, 0) is 25.0 Å². The van der Waals surface area contributed by atoms with Crippen molar-refractivity contribution in [2.75, 3.05) is 0 Å². The molecule has 1 fully saturated rings. The number of rotatable bonds is 1. The van der Waals surface area contributed by atoms with Crippen molar-refractivity contribution < 1.29 is 4.79 Å². The van der Waals surface area contributed by atoms with Gasteiger partial charge in [-0.2, -0.15) is 0 Å². The van der Waals surface area contributed by atoms with Crippen LogP contribution in [0.25, 0.3) is 0 Å². The molecule has 1 heterocycles. The molecular weight excluding hydrogens is 242 g/mol. The second-order valence-corrected chi connectivity index (χ2v) is 4.71. The van der Waals surface area contributed by atoms with Crippen molar-refractivity contribution in [2.45, 2.75) is 25.3 Å². The first-order valence-electron chi connectivity index (χ1n) is 4.68. The summed E-state index contributed by atoms with van der Waals surface area (Å²) < 4.78 is 1.06. The summed E-state index contributed by atoms with van der Waals surface area (Å²) in [6.45, 7) is 2.07. The molecule has 0 aliphatic carbocycles. The van der Waals surface area contributed by atoms with Crippen molar-refractivity contribution in [1.82, 2.24) is 5.32 Å². The summed E-state index contributed by atoms with van der Waals surface area (Å²) in [5, 5.41) is 3.02. The van der Waals surface area contributed by atoms with E-state index in [0.717, 1.165) is 16.5 Å². The molecule has 3 heteroatoms. The zero-order valence-electron chi connectivity index (χ0n) is 8.01. The topological polar surface area (TPSA) is 29.1 Å². The molecule has 1 N–H and O–H groups in total. The van der Waals surface area contributed by atoms with Crippen molar-refractivity contribution in [1.29, 1.82) is 0 Å². The number of carbonyl (C=O) groups excluding carboxylic acids is 1. The predicted octanol–water partition coefficient (Wildman–Crippen LogP) is 2.57. The summed E-state index contributed by atoms with van der Waals surface area (Å²) in [6.07, 6.45) is 1.49. The Morgan fingerprint density at radius 1 is 1.43 bits per heavy atom. The Bertz CT molecular complexity index is 377. The van der Waals surface area contributed by atoms with Crippen LogP contribution in [0.5, 0.6) is 0 Å². The van der Waals surface area contributed by atoms with E-state index in [2.05, 4.69) is 34.2 Å². The predicted molar refractivity (Wildman–Crippen MR) is 58.9 cm³/mol. The molecule has 0 spiro atoms. The van der Waals surface area contributed by atoms with Gasteiger partial charge >= 0.3 is 0 Å². The molecule has 1 aliphatic rings. The molecule has 0 aromatic heterocycles. The molecule has 0 bridgehead atoms. The minimum atomic E-state index is -0.197. The number of nitrogens with one attached hydrogen (secondary N) is 1. The van der Waals surface area contributed by atoms with Crippen LogP contribution in [0.4, 0.5) is 0 Å². The summed E-state index contributed by atoms with van der Waals surface area (Å²) in [6, 6.07) is 8.03. The Morgan fingerprint density at radius 2 is 2.14 bits per heavy atom. The number of amides is 1. The molecule has 1 aliphatic heterocycles. The Hall–Kier alpha value is -0.830. The number of benzene rings is 1. The van der Waals surface area contributed by atoms with E-state index >= 15 is 0 Å². The van der Waals surface area contributed by atoms with Gasteiger partial charge in [-0.25, -0.2) is 0 Å². The van der Waals surface area contributed by atoms with Gasteiger partial charge < -0.3 is 5.32 Å². The normalized spacial score (nSPS) is 26.3. The largest absolute Gasteiger partial charge is 0.347 e. The van der Waals surface area contributed by atoms with Gasteiger partial charge in [0.05, 0.1) is 5.54 Å². The van der Waals surface area contributed by atoms with Crippen LogP contribution in [-0.4, -0.2) is 5.91 Å². The van der Waals surface area contributed by atoms with Gasteiger partial charge in [-0.1, -0.05) is 34.1 Å². The summed E-state index contributed by atoms with van der Waals surface area (Å²) in [4.78, 5) is 11.2. The highest BCUT2D eigenvalue weighted by Crippen LogP contribution is 2.34. The lowest BCUT2D eigenvalue weighted by atomic mass is 9.91. The number of carbonyl (C=O) groups is 1. The van der Waals surface area contributed by atoms with Crippen LogP contribution in [-0.2, 0) is 10.3 Å². The number of hydrogen-bond acceptors (Lipinski definition) is 1. The first-order chi connectivity index (χ1) is 6.62. The Balaban J connectivity index is 2.40.